The van der Waals surface area contributed by atoms with E-state index in [0.29, 0.717) is 35.1 Å². The van der Waals surface area contributed by atoms with Crippen LogP contribution in [0.15, 0.2) is 83.8 Å². The second kappa shape index (κ2) is 9.71. The molecule has 44 heavy (non-hydrogen) atoms. The number of aromatic nitrogens is 4. The molecule has 6 aliphatic rings. The first kappa shape index (κ1) is 28.4. The summed E-state index contributed by atoms with van der Waals surface area (Å²) in [6, 6.07) is 13.5. The Morgan fingerprint density at radius 1 is 0.977 bits per heavy atom. The van der Waals surface area contributed by atoms with Gasteiger partial charge in [0.15, 0.2) is 11.6 Å². The van der Waals surface area contributed by atoms with E-state index in [2.05, 4.69) is 47.3 Å². The van der Waals surface area contributed by atoms with Crippen LogP contribution in [0.3, 0.4) is 0 Å². The van der Waals surface area contributed by atoms with E-state index < -0.39 is 11.0 Å². The Morgan fingerprint density at radius 2 is 1.70 bits per heavy atom. The van der Waals surface area contributed by atoms with E-state index >= 15 is 0 Å². The number of nitrogens with one attached hydrogen (secondary N) is 1. The molecule has 2 heterocycles. The predicted molar refractivity (Wildman–Crippen MR) is 170 cm³/mol. The lowest BCUT2D eigenvalue weighted by Gasteiger charge is -2.71. The Balaban J connectivity index is 1.16. The highest BCUT2D eigenvalue weighted by Crippen LogP contribution is 2.78. The number of aromatic amines is 1. The highest BCUT2D eigenvalue weighted by atomic mass is 32.2. The highest BCUT2D eigenvalue weighted by molar-refractivity contribution is 7.99. The maximum Gasteiger partial charge on any atom is 0.208 e. The summed E-state index contributed by atoms with van der Waals surface area (Å²) >= 11 is 1.51. The molecule has 8 heteroatoms. The molecule has 8 atom stereocenters. The van der Waals surface area contributed by atoms with Crippen LogP contribution in [0.2, 0.25) is 0 Å². The lowest BCUT2D eigenvalue weighted by molar-refractivity contribution is -0.166. The highest BCUT2D eigenvalue weighted by Gasteiger charge is 2.74. The van der Waals surface area contributed by atoms with Crippen LogP contribution >= 0.6 is 11.8 Å². The van der Waals surface area contributed by atoms with E-state index in [9.17, 15) is 15.0 Å². The van der Waals surface area contributed by atoms with Crippen molar-refractivity contribution in [2.45, 2.75) is 75.7 Å². The van der Waals surface area contributed by atoms with Crippen molar-refractivity contribution in [1.82, 2.24) is 20.2 Å². The standard InChI is InChI=1S/C36H40N4O3S/c1-32-13-8-25(41)20-34(32)16-17-36(26(21-34)29(42)23-6-4-3-5-7-23)27(32)9-14-33(2)28(36)10-15-35(33,43)22-44-31-38-30(39-40-31)24-11-18-37-19-12-24/h3-7,11-12,16-19,21,25,27-28,41,43H,8-10,13-15,20,22H2,1-2H3,(H,38,39,40)/t25?,27-,28-,32-,33+,34+,35-,36-/m1/s1. The van der Waals surface area contributed by atoms with Gasteiger partial charge in [-0.3, -0.25) is 14.9 Å². The van der Waals surface area contributed by atoms with Gasteiger partial charge in [0.25, 0.3) is 0 Å². The number of fused-ring (bicyclic) bond motifs is 1. The fraction of sp³-hybridized carbons (Fsp3) is 0.500. The monoisotopic (exact) mass is 608 g/mol. The van der Waals surface area contributed by atoms with E-state index in [1.807, 2.05) is 42.5 Å². The zero-order valence-corrected chi connectivity index (χ0v) is 26.2. The maximum atomic E-state index is 14.5. The molecule has 1 unspecified atom stereocenters. The molecule has 0 amide bonds. The summed E-state index contributed by atoms with van der Waals surface area (Å²) in [5.74, 6) is 1.69. The van der Waals surface area contributed by atoms with Crippen molar-refractivity contribution in [2.24, 2.45) is 33.5 Å². The number of nitrogens with zero attached hydrogens (tertiary/aromatic N) is 3. The first-order valence-electron chi connectivity index (χ1n) is 16.0. The molecule has 0 aliphatic heterocycles. The van der Waals surface area contributed by atoms with Crippen molar-refractivity contribution in [3.05, 3.63) is 84.2 Å². The normalized spacial score (nSPS) is 40.2. The van der Waals surface area contributed by atoms with Crippen molar-refractivity contribution >= 4 is 17.5 Å². The molecular formula is C36H40N4O3S. The van der Waals surface area contributed by atoms with Gasteiger partial charge in [0.2, 0.25) is 5.16 Å². The third-order valence-electron chi connectivity index (χ3n) is 12.9. The molecule has 3 fully saturated rings. The summed E-state index contributed by atoms with van der Waals surface area (Å²) in [6.45, 7) is 4.70. The number of pyridine rings is 1. The van der Waals surface area contributed by atoms with Gasteiger partial charge < -0.3 is 10.2 Å². The lowest BCUT2D eigenvalue weighted by Crippen LogP contribution is -2.67. The third-order valence-corrected chi connectivity index (χ3v) is 13.9. The number of Topliss-reactive ketones (excluding diaryl/α,β-unsaturated/α-hetero) is 1. The number of ketones is 1. The Kier molecular flexibility index (Phi) is 6.27. The Labute approximate surface area is 262 Å². The lowest BCUT2D eigenvalue weighted by atomic mass is 9.32. The van der Waals surface area contributed by atoms with Gasteiger partial charge in [-0.25, -0.2) is 4.98 Å². The SMILES string of the molecule is C[C@]12CC[C@H]3[C@]4(C=C[C@@]5(C=C4C(=O)c4ccccc4)CC(O)CC[C@]35C)[C@@H]1CC[C@@]2(O)CSc1n[nH]c(-c2ccncc2)n1. The average Bonchev–Trinajstić information content (AvgIpc) is 3.63. The number of allylic oxidation sites excluding steroid dienone is 4. The molecule has 3 aromatic rings. The fourth-order valence-corrected chi connectivity index (χ4v) is 11.6. The summed E-state index contributed by atoms with van der Waals surface area (Å²) in [6.07, 6.45) is 15.9. The largest absolute Gasteiger partial charge is 0.393 e. The zero-order valence-electron chi connectivity index (χ0n) is 25.4. The Hall–Kier alpha value is -3.07. The summed E-state index contributed by atoms with van der Waals surface area (Å²) in [5.41, 5.74) is 0.403. The van der Waals surface area contributed by atoms with Crippen LogP contribution in [0.25, 0.3) is 11.4 Å². The molecule has 3 saturated carbocycles. The van der Waals surface area contributed by atoms with Gasteiger partial charge in [-0.05, 0) is 74.3 Å². The zero-order chi connectivity index (χ0) is 30.4. The van der Waals surface area contributed by atoms with Crippen LogP contribution in [0.4, 0.5) is 0 Å². The molecule has 228 valence electrons. The maximum absolute atomic E-state index is 14.5. The summed E-state index contributed by atoms with van der Waals surface area (Å²) in [4.78, 5) is 23.3. The molecule has 9 rings (SSSR count). The quantitative estimate of drug-likeness (QED) is 0.168. The molecular weight excluding hydrogens is 568 g/mol. The van der Waals surface area contributed by atoms with E-state index in [4.69, 9.17) is 4.98 Å². The van der Waals surface area contributed by atoms with Gasteiger partial charge in [0, 0.05) is 51.1 Å². The number of carbonyl (C=O) groups excluding carboxylic acids is 1. The number of carbonyl (C=O) groups is 1. The van der Waals surface area contributed by atoms with Crippen LogP contribution in [-0.4, -0.2) is 53.6 Å². The van der Waals surface area contributed by atoms with Gasteiger partial charge in [-0.15, -0.1) is 5.10 Å². The van der Waals surface area contributed by atoms with Crippen LogP contribution < -0.4 is 0 Å². The topological polar surface area (TPSA) is 112 Å². The smallest absolute Gasteiger partial charge is 0.208 e. The molecule has 1 aromatic carbocycles. The summed E-state index contributed by atoms with van der Waals surface area (Å²) < 4.78 is 0. The minimum atomic E-state index is -0.927. The number of hydrogen-bond donors (Lipinski definition) is 3. The first-order valence-corrected chi connectivity index (χ1v) is 17.0. The average molecular weight is 609 g/mol. The van der Waals surface area contributed by atoms with Gasteiger partial charge in [0.05, 0.1) is 11.7 Å². The number of hydrogen-bond acceptors (Lipinski definition) is 7. The number of rotatable bonds is 6. The van der Waals surface area contributed by atoms with Crippen LogP contribution in [-0.2, 0) is 0 Å². The summed E-state index contributed by atoms with van der Waals surface area (Å²) in [5, 5.41) is 31.6. The molecule has 0 saturated heterocycles. The minimum Gasteiger partial charge on any atom is -0.393 e. The van der Waals surface area contributed by atoms with Crippen LogP contribution in [0, 0.1) is 33.5 Å². The molecule has 3 N–H and O–H groups in total. The second-order valence-electron chi connectivity index (χ2n) is 14.5. The van der Waals surface area contributed by atoms with Gasteiger partial charge >= 0.3 is 0 Å². The van der Waals surface area contributed by atoms with Crippen molar-refractivity contribution in [2.75, 3.05) is 5.75 Å². The molecule has 2 spiro atoms. The van der Waals surface area contributed by atoms with E-state index in [-0.39, 0.29) is 40.0 Å². The molecule has 2 aromatic heterocycles. The molecule has 2 bridgehead atoms. The van der Waals surface area contributed by atoms with E-state index in [1.54, 1.807) is 12.4 Å². The summed E-state index contributed by atoms with van der Waals surface area (Å²) in [7, 11) is 0. The Morgan fingerprint density at radius 3 is 2.50 bits per heavy atom. The fourth-order valence-electron chi connectivity index (χ4n) is 10.5. The molecule has 7 nitrogen and oxygen atoms in total. The number of aliphatic hydroxyl groups excluding tert-OH is 1. The predicted octanol–water partition coefficient (Wildman–Crippen LogP) is 6.43. The second-order valence-corrected chi connectivity index (χ2v) is 15.4. The van der Waals surface area contributed by atoms with Gasteiger partial charge in [0.1, 0.15) is 0 Å². The Bertz CT molecular complexity index is 1670. The third kappa shape index (κ3) is 3.71. The van der Waals surface area contributed by atoms with Crippen molar-refractivity contribution in [3.63, 3.8) is 0 Å². The van der Waals surface area contributed by atoms with Crippen LogP contribution in [0.1, 0.15) is 69.2 Å². The van der Waals surface area contributed by atoms with E-state index in [1.165, 1.54) is 11.8 Å². The number of aliphatic hydroxyl groups is 2. The minimum absolute atomic E-state index is 0.0411. The molecule has 0 radical (unpaired) electrons. The molecule has 6 aliphatic carbocycles. The van der Waals surface area contributed by atoms with Gasteiger partial charge in [-0.1, -0.05) is 74.2 Å². The number of H-pyrrole nitrogens is 1. The van der Waals surface area contributed by atoms with Crippen molar-refractivity contribution in [3.8, 4) is 11.4 Å². The van der Waals surface area contributed by atoms with Crippen molar-refractivity contribution in [1.29, 1.82) is 0 Å². The van der Waals surface area contributed by atoms with Crippen molar-refractivity contribution < 1.29 is 15.0 Å². The van der Waals surface area contributed by atoms with Crippen LogP contribution in [0.5, 0.6) is 0 Å². The van der Waals surface area contributed by atoms with E-state index in [0.717, 1.165) is 43.2 Å². The number of thioether (sulfide) groups is 1. The van der Waals surface area contributed by atoms with Gasteiger partial charge in [-0.2, -0.15) is 0 Å². The first-order chi connectivity index (χ1) is 21.1. The number of benzene rings is 1.